The van der Waals surface area contributed by atoms with Crippen LogP contribution in [0, 0.1) is 0 Å². The average molecular weight is 284 g/mol. The lowest BCUT2D eigenvalue weighted by Crippen LogP contribution is -2.35. The molecule has 0 aliphatic carbocycles. The van der Waals surface area contributed by atoms with Crippen molar-refractivity contribution in [1.29, 1.82) is 0 Å². The minimum Gasteiger partial charge on any atom is -0.375 e. The predicted molar refractivity (Wildman–Crippen MR) is 83.4 cm³/mol. The Morgan fingerprint density at radius 2 is 2.10 bits per heavy atom. The molecule has 21 heavy (non-hydrogen) atoms. The smallest absolute Gasteiger partial charge is 0.229 e. The summed E-state index contributed by atoms with van der Waals surface area (Å²) in [6.07, 6.45) is 4.25. The molecule has 0 spiro atoms. The van der Waals surface area contributed by atoms with Crippen molar-refractivity contribution >= 4 is 17.3 Å². The third kappa shape index (κ3) is 2.51. The number of carbonyl (C=O) groups is 1. The van der Waals surface area contributed by atoms with Crippen LogP contribution in [0.5, 0.6) is 0 Å². The van der Waals surface area contributed by atoms with E-state index in [1.54, 1.807) is 4.90 Å². The van der Waals surface area contributed by atoms with Crippen LogP contribution >= 0.6 is 0 Å². The van der Waals surface area contributed by atoms with Crippen LogP contribution in [0.3, 0.4) is 0 Å². The summed E-state index contributed by atoms with van der Waals surface area (Å²) < 4.78 is 1.91. The Morgan fingerprint density at radius 3 is 2.81 bits per heavy atom. The van der Waals surface area contributed by atoms with Crippen LogP contribution in [0.1, 0.15) is 37.9 Å². The van der Waals surface area contributed by atoms with Gasteiger partial charge in [0.2, 0.25) is 5.91 Å². The van der Waals surface area contributed by atoms with Crippen molar-refractivity contribution in [2.75, 3.05) is 17.3 Å². The summed E-state index contributed by atoms with van der Waals surface area (Å²) in [5, 5.41) is 7.76. The normalized spacial score (nSPS) is 18.0. The monoisotopic (exact) mass is 284 g/mol. The zero-order chi connectivity index (χ0) is 15.0. The van der Waals surface area contributed by atoms with Crippen molar-refractivity contribution < 1.29 is 4.79 Å². The predicted octanol–water partition coefficient (Wildman–Crippen LogP) is 2.98. The maximum atomic E-state index is 12.1. The molecule has 1 aromatic heterocycles. The van der Waals surface area contributed by atoms with Gasteiger partial charge in [0.1, 0.15) is 0 Å². The Kier molecular flexibility index (Phi) is 3.41. The van der Waals surface area contributed by atoms with E-state index >= 15 is 0 Å². The number of para-hydroxylation sites is 1. The van der Waals surface area contributed by atoms with Gasteiger partial charge in [-0.25, -0.2) is 0 Å². The van der Waals surface area contributed by atoms with Gasteiger partial charge in [-0.15, -0.1) is 0 Å². The Labute approximate surface area is 124 Å². The highest BCUT2D eigenvalue weighted by Crippen LogP contribution is 2.35. The fourth-order valence-corrected chi connectivity index (χ4v) is 2.67. The minimum absolute atomic E-state index is 0.00490. The van der Waals surface area contributed by atoms with Gasteiger partial charge in [0, 0.05) is 25.0 Å². The van der Waals surface area contributed by atoms with E-state index in [0.29, 0.717) is 12.5 Å². The minimum atomic E-state index is -0.00490. The fraction of sp³-hybridized carbons (Fsp3) is 0.375. The molecule has 1 amide bonds. The molecule has 2 aromatic rings. The van der Waals surface area contributed by atoms with Gasteiger partial charge in [-0.05, 0) is 25.5 Å². The van der Waals surface area contributed by atoms with Crippen molar-refractivity contribution in [3.8, 4) is 0 Å². The van der Waals surface area contributed by atoms with Gasteiger partial charge in [0.05, 0.1) is 24.3 Å². The van der Waals surface area contributed by atoms with Gasteiger partial charge >= 0.3 is 0 Å². The zero-order valence-corrected chi connectivity index (χ0v) is 12.6. The van der Waals surface area contributed by atoms with Gasteiger partial charge in [0.15, 0.2) is 0 Å². The largest absolute Gasteiger partial charge is 0.375 e. The number of hydrogen-bond donors (Lipinski definition) is 1. The second-order valence-electron chi connectivity index (χ2n) is 5.72. The molecule has 1 unspecified atom stereocenters. The number of carbonyl (C=O) groups excluding carboxylic acids is 1. The number of nitrogens with zero attached hydrogens (tertiary/aromatic N) is 3. The molecule has 0 bridgehead atoms. The first kappa shape index (κ1) is 13.7. The molecule has 0 saturated heterocycles. The molecule has 5 nitrogen and oxygen atoms in total. The van der Waals surface area contributed by atoms with Crippen molar-refractivity contribution in [3.05, 3.63) is 42.2 Å². The number of anilines is 2. The number of rotatable bonds is 3. The fourth-order valence-electron chi connectivity index (χ4n) is 2.67. The van der Waals surface area contributed by atoms with Crippen LogP contribution < -0.4 is 10.2 Å². The maximum absolute atomic E-state index is 12.1. The van der Waals surface area contributed by atoms with Gasteiger partial charge in [0.25, 0.3) is 0 Å². The van der Waals surface area contributed by atoms with Crippen LogP contribution in [0.2, 0.25) is 0 Å². The summed E-state index contributed by atoms with van der Waals surface area (Å²) in [7, 11) is 1.83. The summed E-state index contributed by atoms with van der Waals surface area (Å²) >= 11 is 0. The van der Waals surface area contributed by atoms with Gasteiger partial charge in [-0.2, -0.15) is 5.10 Å². The molecule has 1 aromatic carbocycles. The lowest BCUT2D eigenvalue weighted by Gasteiger charge is -2.32. The number of hydrogen-bond acceptors (Lipinski definition) is 3. The molecule has 1 aliphatic rings. The highest BCUT2D eigenvalue weighted by atomic mass is 16.2. The lowest BCUT2D eigenvalue weighted by atomic mass is 9.96. The number of fused-ring (bicyclic) bond motifs is 1. The molecule has 1 atom stereocenters. The summed E-state index contributed by atoms with van der Waals surface area (Å²) in [6.45, 7) is 4.18. The first-order chi connectivity index (χ1) is 10.1. The number of amides is 1. The van der Waals surface area contributed by atoms with Crippen LogP contribution in [-0.4, -0.2) is 22.7 Å². The molecule has 0 fully saturated rings. The third-order valence-corrected chi connectivity index (χ3v) is 3.90. The number of aromatic nitrogens is 2. The lowest BCUT2D eigenvalue weighted by molar-refractivity contribution is -0.118. The van der Waals surface area contributed by atoms with E-state index in [2.05, 4.69) is 30.3 Å². The highest BCUT2D eigenvalue weighted by molar-refractivity contribution is 5.96. The van der Waals surface area contributed by atoms with Crippen LogP contribution in [0.4, 0.5) is 11.4 Å². The molecular weight excluding hydrogens is 264 g/mol. The van der Waals surface area contributed by atoms with Gasteiger partial charge < -0.3 is 10.2 Å². The second-order valence-corrected chi connectivity index (χ2v) is 5.72. The highest BCUT2D eigenvalue weighted by Gasteiger charge is 2.28. The molecule has 2 heterocycles. The summed E-state index contributed by atoms with van der Waals surface area (Å²) in [5.74, 6) is 0.127. The van der Waals surface area contributed by atoms with E-state index in [0.717, 1.165) is 16.9 Å². The van der Waals surface area contributed by atoms with Crippen molar-refractivity contribution in [2.24, 2.45) is 0 Å². The van der Waals surface area contributed by atoms with E-state index in [4.69, 9.17) is 0 Å². The van der Waals surface area contributed by atoms with E-state index in [1.165, 1.54) is 0 Å². The summed E-state index contributed by atoms with van der Waals surface area (Å²) in [6, 6.07) is 8.35. The second kappa shape index (κ2) is 5.24. The standard InChI is InChI=1S/C16H20N4O/c1-11(2)20-10-12(9-17-20)18-14-8-16(21)19(3)15-7-5-4-6-13(14)15/h4-7,9-11,14,18H,8H2,1-3H3. The van der Waals surface area contributed by atoms with Crippen molar-refractivity contribution in [3.63, 3.8) is 0 Å². The summed E-state index contributed by atoms with van der Waals surface area (Å²) in [5.41, 5.74) is 3.07. The van der Waals surface area contributed by atoms with Crippen LogP contribution in [0.15, 0.2) is 36.7 Å². The molecule has 110 valence electrons. The van der Waals surface area contributed by atoms with Crippen molar-refractivity contribution in [1.82, 2.24) is 9.78 Å². The maximum Gasteiger partial charge on any atom is 0.229 e. The Hall–Kier alpha value is -2.30. The van der Waals surface area contributed by atoms with E-state index in [9.17, 15) is 4.79 Å². The molecule has 3 rings (SSSR count). The first-order valence-corrected chi connectivity index (χ1v) is 7.22. The molecule has 5 heteroatoms. The van der Waals surface area contributed by atoms with Gasteiger partial charge in [-0.3, -0.25) is 9.48 Å². The van der Waals surface area contributed by atoms with Gasteiger partial charge in [-0.1, -0.05) is 18.2 Å². The van der Waals surface area contributed by atoms with Crippen LogP contribution in [0.25, 0.3) is 0 Å². The molecule has 0 radical (unpaired) electrons. The SMILES string of the molecule is CC(C)n1cc(NC2CC(=O)N(C)c3ccccc32)cn1. The molecule has 0 saturated carbocycles. The van der Waals surface area contributed by atoms with E-state index in [1.807, 2.05) is 42.3 Å². The average Bonchev–Trinajstić information content (AvgIpc) is 2.93. The van der Waals surface area contributed by atoms with E-state index in [-0.39, 0.29) is 11.9 Å². The molecule has 1 N–H and O–H groups in total. The molecular formula is C16H20N4O. The summed E-state index contributed by atoms with van der Waals surface area (Å²) in [4.78, 5) is 13.9. The number of nitrogens with one attached hydrogen (secondary N) is 1. The molecule has 1 aliphatic heterocycles. The van der Waals surface area contributed by atoms with Crippen LogP contribution in [-0.2, 0) is 4.79 Å². The quantitative estimate of drug-likeness (QED) is 0.942. The third-order valence-electron chi connectivity index (χ3n) is 3.90. The number of benzene rings is 1. The zero-order valence-electron chi connectivity index (χ0n) is 12.6. The topological polar surface area (TPSA) is 50.2 Å². The van der Waals surface area contributed by atoms with E-state index < -0.39 is 0 Å². The first-order valence-electron chi connectivity index (χ1n) is 7.22. The Balaban J connectivity index is 1.88. The Morgan fingerprint density at radius 1 is 1.33 bits per heavy atom. The van der Waals surface area contributed by atoms with Crippen molar-refractivity contribution in [2.45, 2.75) is 32.4 Å². The Bertz CT molecular complexity index is 662.